The predicted octanol–water partition coefficient (Wildman–Crippen LogP) is 0.130. The van der Waals surface area contributed by atoms with E-state index >= 15 is 0 Å². The topological polar surface area (TPSA) is 86.3 Å². The summed E-state index contributed by atoms with van der Waals surface area (Å²) in [4.78, 5) is 25.5. The van der Waals surface area contributed by atoms with Gasteiger partial charge < -0.3 is 10.0 Å². The Labute approximate surface area is 108 Å². The summed E-state index contributed by atoms with van der Waals surface area (Å²) in [5.41, 5.74) is -0.0853. The number of benzene rings is 1. The summed E-state index contributed by atoms with van der Waals surface area (Å²) in [6.45, 7) is 0.823. The molecule has 0 aliphatic carbocycles. The van der Waals surface area contributed by atoms with Crippen molar-refractivity contribution in [2.24, 2.45) is 0 Å². The molecule has 0 saturated carbocycles. The zero-order valence-corrected chi connectivity index (χ0v) is 10.2. The second-order valence-electron chi connectivity index (χ2n) is 4.64. The maximum absolute atomic E-state index is 12.3. The minimum absolute atomic E-state index is 0.226. The van der Waals surface area contributed by atoms with Crippen molar-refractivity contribution in [3.05, 3.63) is 40.3 Å². The molecule has 0 radical (unpaired) electrons. The number of aromatic amines is 1. The summed E-state index contributed by atoms with van der Waals surface area (Å²) < 4.78 is 0. The van der Waals surface area contributed by atoms with Gasteiger partial charge in [-0.25, -0.2) is 5.10 Å². The van der Waals surface area contributed by atoms with Crippen molar-refractivity contribution < 1.29 is 9.90 Å². The first-order valence-corrected chi connectivity index (χ1v) is 6.11. The standard InChI is InChI=1S/C13H13N3O3/c17-8-5-6-16(7-8)13(19)11-9-3-1-2-4-10(9)12(18)15-14-11/h1-4,8,17H,5-7H2,(H,15,18)/t8-/m1/s1. The molecule has 1 fully saturated rings. The molecular weight excluding hydrogens is 246 g/mol. The second kappa shape index (κ2) is 4.47. The third kappa shape index (κ3) is 2.00. The van der Waals surface area contributed by atoms with Gasteiger partial charge in [0.15, 0.2) is 5.69 Å². The predicted molar refractivity (Wildman–Crippen MR) is 68.9 cm³/mol. The van der Waals surface area contributed by atoms with Gasteiger partial charge in [0.05, 0.1) is 11.5 Å². The fraction of sp³-hybridized carbons (Fsp3) is 0.308. The number of likely N-dealkylation sites (tertiary alicyclic amines) is 1. The number of aliphatic hydroxyl groups is 1. The van der Waals surface area contributed by atoms with E-state index in [1.807, 2.05) is 0 Å². The Bertz CT molecular complexity index is 695. The summed E-state index contributed by atoms with van der Waals surface area (Å²) in [5, 5.41) is 16.7. The van der Waals surface area contributed by atoms with E-state index in [9.17, 15) is 14.7 Å². The zero-order valence-electron chi connectivity index (χ0n) is 10.2. The number of H-pyrrole nitrogens is 1. The van der Waals surface area contributed by atoms with E-state index in [-0.39, 0.29) is 17.2 Å². The number of aliphatic hydroxyl groups excluding tert-OH is 1. The summed E-state index contributed by atoms with van der Waals surface area (Å²) in [7, 11) is 0. The number of β-amino-alcohol motifs (C(OH)–C–C–N with tert-alkyl or cyclic N) is 1. The Hall–Kier alpha value is -2.21. The van der Waals surface area contributed by atoms with Gasteiger partial charge in [0.25, 0.3) is 11.5 Å². The number of carbonyl (C=O) groups excluding carboxylic acids is 1. The van der Waals surface area contributed by atoms with E-state index in [0.717, 1.165) is 0 Å². The summed E-state index contributed by atoms with van der Waals surface area (Å²) >= 11 is 0. The Morgan fingerprint density at radius 1 is 1.37 bits per heavy atom. The number of carbonyl (C=O) groups is 1. The monoisotopic (exact) mass is 259 g/mol. The Balaban J connectivity index is 2.08. The maximum Gasteiger partial charge on any atom is 0.275 e. The van der Waals surface area contributed by atoms with Crippen molar-refractivity contribution in [1.82, 2.24) is 15.1 Å². The first-order valence-electron chi connectivity index (χ1n) is 6.11. The molecule has 0 unspecified atom stereocenters. The Morgan fingerprint density at radius 2 is 2.11 bits per heavy atom. The summed E-state index contributed by atoms with van der Waals surface area (Å²) in [6.07, 6.45) is 0.102. The summed E-state index contributed by atoms with van der Waals surface area (Å²) in [5.74, 6) is -0.260. The summed E-state index contributed by atoms with van der Waals surface area (Å²) in [6, 6.07) is 6.87. The van der Waals surface area contributed by atoms with Crippen LogP contribution in [-0.4, -0.2) is 45.3 Å². The van der Waals surface area contributed by atoms with Crippen LogP contribution in [0.25, 0.3) is 10.8 Å². The normalized spacial score (nSPS) is 19.0. The molecule has 19 heavy (non-hydrogen) atoms. The highest BCUT2D eigenvalue weighted by Crippen LogP contribution is 2.17. The third-order valence-corrected chi connectivity index (χ3v) is 3.35. The molecule has 6 heteroatoms. The van der Waals surface area contributed by atoms with Crippen LogP contribution in [0, 0.1) is 0 Å². The Morgan fingerprint density at radius 3 is 2.79 bits per heavy atom. The number of hydrogen-bond donors (Lipinski definition) is 2. The van der Waals surface area contributed by atoms with E-state index in [0.29, 0.717) is 30.3 Å². The molecule has 6 nitrogen and oxygen atoms in total. The lowest BCUT2D eigenvalue weighted by Crippen LogP contribution is -2.31. The van der Waals surface area contributed by atoms with E-state index in [4.69, 9.17) is 0 Å². The van der Waals surface area contributed by atoms with Gasteiger partial charge in [0, 0.05) is 18.5 Å². The van der Waals surface area contributed by atoms with E-state index < -0.39 is 6.10 Å². The average molecular weight is 259 g/mol. The Kier molecular flexibility index (Phi) is 2.79. The molecule has 1 atom stereocenters. The van der Waals surface area contributed by atoms with Crippen molar-refractivity contribution in [3.63, 3.8) is 0 Å². The van der Waals surface area contributed by atoms with Gasteiger partial charge in [-0.1, -0.05) is 18.2 Å². The highest BCUT2D eigenvalue weighted by molar-refractivity contribution is 6.04. The van der Waals surface area contributed by atoms with Crippen LogP contribution in [-0.2, 0) is 0 Å². The van der Waals surface area contributed by atoms with Crippen LogP contribution in [0.4, 0.5) is 0 Å². The van der Waals surface area contributed by atoms with Crippen LogP contribution in [0.3, 0.4) is 0 Å². The zero-order chi connectivity index (χ0) is 13.4. The molecule has 0 spiro atoms. The highest BCUT2D eigenvalue weighted by Gasteiger charge is 2.27. The first-order chi connectivity index (χ1) is 9.16. The number of nitrogens with zero attached hydrogens (tertiary/aromatic N) is 2. The average Bonchev–Trinajstić information content (AvgIpc) is 2.86. The molecule has 2 N–H and O–H groups in total. The first kappa shape index (κ1) is 11.9. The number of amides is 1. The van der Waals surface area contributed by atoms with Crippen molar-refractivity contribution in [3.8, 4) is 0 Å². The molecule has 2 aromatic rings. The molecule has 98 valence electrons. The number of aromatic nitrogens is 2. The van der Waals surface area contributed by atoms with E-state index in [1.165, 1.54) is 0 Å². The van der Waals surface area contributed by atoms with Crippen LogP contribution >= 0.6 is 0 Å². The minimum atomic E-state index is -0.474. The van der Waals surface area contributed by atoms with Crippen LogP contribution in [0.5, 0.6) is 0 Å². The molecule has 1 amide bonds. The van der Waals surface area contributed by atoms with E-state index in [1.54, 1.807) is 29.2 Å². The molecule has 1 aromatic carbocycles. The largest absolute Gasteiger partial charge is 0.391 e. The maximum atomic E-state index is 12.3. The molecule has 1 saturated heterocycles. The highest BCUT2D eigenvalue weighted by atomic mass is 16.3. The number of hydrogen-bond acceptors (Lipinski definition) is 4. The van der Waals surface area contributed by atoms with Gasteiger partial charge in [-0.05, 0) is 12.5 Å². The van der Waals surface area contributed by atoms with Crippen LogP contribution < -0.4 is 5.56 Å². The molecule has 0 bridgehead atoms. The van der Waals surface area contributed by atoms with Gasteiger partial charge in [-0.3, -0.25) is 9.59 Å². The SMILES string of the molecule is O=C(c1n[nH]c(=O)c2ccccc12)N1CC[C@@H](O)C1. The lowest BCUT2D eigenvalue weighted by Gasteiger charge is -2.15. The number of fused-ring (bicyclic) bond motifs is 1. The van der Waals surface area contributed by atoms with Gasteiger partial charge >= 0.3 is 0 Å². The third-order valence-electron chi connectivity index (χ3n) is 3.35. The molecule has 2 heterocycles. The van der Waals surface area contributed by atoms with Crippen LogP contribution in [0.1, 0.15) is 16.9 Å². The quantitative estimate of drug-likeness (QED) is 0.762. The van der Waals surface area contributed by atoms with Crippen LogP contribution in [0.2, 0.25) is 0 Å². The molecule has 1 aliphatic heterocycles. The molecule has 1 aromatic heterocycles. The van der Waals surface area contributed by atoms with Crippen molar-refractivity contribution >= 4 is 16.7 Å². The number of rotatable bonds is 1. The van der Waals surface area contributed by atoms with E-state index in [2.05, 4.69) is 10.2 Å². The fourth-order valence-corrected chi connectivity index (χ4v) is 2.35. The van der Waals surface area contributed by atoms with Crippen molar-refractivity contribution in [2.45, 2.75) is 12.5 Å². The van der Waals surface area contributed by atoms with Gasteiger partial charge in [-0.15, -0.1) is 0 Å². The number of nitrogens with one attached hydrogen (secondary N) is 1. The molecule has 3 rings (SSSR count). The minimum Gasteiger partial charge on any atom is -0.391 e. The van der Waals surface area contributed by atoms with Gasteiger partial charge in [-0.2, -0.15) is 5.10 Å². The van der Waals surface area contributed by atoms with Crippen molar-refractivity contribution in [1.29, 1.82) is 0 Å². The molecular formula is C13H13N3O3. The van der Waals surface area contributed by atoms with Crippen LogP contribution in [0.15, 0.2) is 29.1 Å². The van der Waals surface area contributed by atoms with Gasteiger partial charge in [0.2, 0.25) is 0 Å². The molecule has 1 aliphatic rings. The smallest absolute Gasteiger partial charge is 0.275 e. The lowest BCUT2D eigenvalue weighted by molar-refractivity contribution is 0.0760. The van der Waals surface area contributed by atoms with Gasteiger partial charge in [0.1, 0.15) is 0 Å². The lowest BCUT2D eigenvalue weighted by atomic mass is 10.1. The second-order valence-corrected chi connectivity index (χ2v) is 4.64. The van der Waals surface area contributed by atoms with Crippen molar-refractivity contribution in [2.75, 3.05) is 13.1 Å². The fourth-order valence-electron chi connectivity index (χ4n) is 2.35.